The number of nitrogen functional groups attached to an aromatic ring is 1. The molecule has 0 aliphatic carbocycles. The summed E-state index contributed by atoms with van der Waals surface area (Å²) in [6, 6.07) is 3.50. The molecule has 0 aliphatic rings. The van der Waals surface area contributed by atoms with Crippen LogP contribution in [0.2, 0.25) is 0 Å². The first-order valence-corrected chi connectivity index (χ1v) is 6.41. The number of ether oxygens (including phenoxy) is 2. The number of rotatable bonds is 6. The average molecular weight is 281 g/mol. The van der Waals surface area contributed by atoms with Gasteiger partial charge >= 0.3 is 0 Å². The highest BCUT2D eigenvalue weighted by Crippen LogP contribution is 2.36. The molecule has 0 bridgehead atoms. The number of nitrogens with zero attached hydrogens (tertiary/aromatic N) is 2. The second-order valence-corrected chi connectivity index (χ2v) is 4.57. The molecule has 112 valence electrons. The zero-order valence-corrected chi connectivity index (χ0v) is 12.8. The summed E-state index contributed by atoms with van der Waals surface area (Å²) in [5, 5.41) is 0. The highest BCUT2D eigenvalue weighted by Gasteiger charge is 2.17. The van der Waals surface area contributed by atoms with Crippen LogP contribution in [0.4, 0.5) is 11.4 Å². The molecule has 0 radical (unpaired) electrons. The average Bonchev–Trinajstić information content (AvgIpc) is 2.44. The molecule has 0 saturated heterocycles. The van der Waals surface area contributed by atoms with Gasteiger partial charge in [-0.3, -0.25) is 4.79 Å². The van der Waals surface area contributed by atoms with Crippen molar-refractivity contribution in [3.05, 3.63) is 12.1 Å². The Balaban J connectivity index is 3.12. The van der Waals surface area contributed by atoms with E-state index < -0.39 is 0 Å². The standard InChI is InChI=1S/C14H23N3O3/c1-6-17(9-14(18)16(2)3)11-8-13(20-5)12(19-4)7-10(11)15/h7-8H,6,9,15H2,1-5H3. The molecule has 0 atom stereocenters. The normalized spacial score (nSPS) is 10.1. The lowest BCUT2D eigenvalue weighted by Crippen LogP contribution is -2.36. The van der Waals surface area contributed by atoms with E-state index >= 15 is 0 Å². The van der Waals surface area contributed by atoms with Gasteiger partial charge in [-0.05, 0) is 6.92 Å². The molecule has 6 nitrogen and oxygen atoms in total. The Hall–Kier alpha value is -2.11. The quantitative estimate of drug-likeness (QED) is 0.794. The Morgan fingerprint density at radius 2 is 1.75 bits per heavy atom. The van der Waals surface area contributed by atoms with Crippen LogP contribution in [-0.4, -0.2) is 52.2 Å². The van der Waals surface area contributed by atoms with Crippen molar-refractivity contribution in [1.82, 2.24) is 4.90 Å². The monoisotopic (exact) mass is 281 g/mol. The molecule has 0 fully saturated rings. The van der Waals surface area contributed by atoms with E-state index in [2.05, 4.69) is 0 Å². The van der Waals surface area contributed by atoms with Gasteiger partial charge in [0.15, 0.2) is 11.5 Å². The van der Waals surface area contributed by atoms with Crippen LogP contribution in [0.3, 0.4) is 0 Å². The molecule has 1 aromatic rings. The van der Waals surface area contributed by atoms with Gasteiger partial charge in [-0.1, -0.05) is 0 Å². The van der Waals surface area contributed by atoms with Gasteiger partial charge in [0.25, 0.3) is 0 Å². The van der Waals surface area contributed by atoms with Crippen molar-refractivity contribution < 1.29 is 14.3 Å². The smallest absolute Gasteiger partial charge is 0.241 e. The molecule has 0 heterocycles. The van der Waals surface area contributed by atoms with E-state index in [-0.39, 0.29) is 12.5 Å². The van der Waals surface area contributed by atoms with E-state index in [1.807, 2.05) is 11.8 Å². The maximum atomic E-state index is 11.9. The summed E-state index contributed by atoms with van der Waals surface area (Å²) < 4.78 is 10.5. The first-order valence-electron chi connectivity index (χ1n) is 6.41. The Bertz CT molecular complexity index is 475. The predicted molar refractivity (Wildman–Crippen MR) is 80.5 cm³/mol. The Morgan fingerprint density at radius 3 is 2.20 bits per heavy atom. The number of likely N-dealkylation sites (N-methyl/N-ethyl adjacent to an activating group) is 2. The molecule has 1 aromatic carbocycles. The molecule has 0 aromatic heterocycles. The molecule has 0 saturated carbocycles. The van der Waals surface area contributed by atoms with Gasteiger partial charge in [0.05, 0.1) is 32.1 Å². The van der Waals surface area contributed by atoms with Gasteiger partial charge in [0, 0.05) is 32.8 Å². The number of methoxy groups -OCH3 is 2. The fourth-order valence-corrected chi connectivity index (χ4v) is 1.83. The minimum atomic E-state index is 0.0148. The third-order valence-electron chi connectivity index (χ3n) is 3.08. The molecule has 1 rings (SSSR count). The molecule has 6 heteroatoms. The molecule has 0 spiro atoms. The Labute approximate surface area is 120 Å². The van der Waals surface area contributed by atoms with Crippen molar-refractivity contribution in [2.75, 3.05) is 52.0 Å². The second-order valence-electron chi connectivity index (χ2n) is 4.57. The maximum absolute atomic E-state index is 11.9. The highest BCUT2D eigenvalue weighted by atomic mass is 16.5. The number of carbonyl (C=O) groups is 1. The minimum absolute atomic E-state index is 0.0148. The van der Waals surface area contributed by atoms with Crippen molar-refractivity contribution >= 4 is 17.3 Å². The van der Waals surface area contributed by atoms with Crippen LogP contribution >= 0.6 is 0 Å². The summed E-state index contributed by atoms with van der Waals surface area (Å²) in [5.41, 5.74) is 7.36. The Morgan fingerprint density at radius 1 is 1.20 bits per heavy atom. The van der Waals surface area contributed by atoms with Crippen LogP contribution in [0.25, 0.3) is 0 Å². The van der Waals surface area contributed by atoms with Crippen LogP contribution in [-0.2, 0) is 4.79 Å². The molecule has 2 N–H and O–H groups in total. The summed E-state index contributed by atoms with van der Waals surface area (Å²) in [5.74, 6) is 1.18. The third-order valence-corrected chi connectivity index (χ3v) is 3.08. The number of benzene rings is 1. The van der Waals surface area contributed by atoms with Crippen LogP contribution in [0, 0.1) is 0 Å². The van der Waals surface area contributed by atoms with Gasteiger partial charge in [-0.25, -0.2) is 0 Å². The maximum Gasteiger partial charge on any atom is 0.241 e. The SMILES string of the molecule is CCN(CC(=O)N(C)C)c1cc(OC)c(OC)cc1N. The minimum Gasteiger partial charge on any atom is -0.493 e. The van der Waals surface area contributed by atoms with E-state index in [9.17, 15) is 4.79 Å². The van der Waals surface area contributed by atoms with Gasteiger partial charge in [-0.2, -0.15) is 0 Å². The summed E-state index contributed by atoms with van der Waals surface area (Å²) in [6.07, 6.45) is 0. The lowest BCUT2D eigenvalue weighted by molar-refractivity contribution is -0.127. The van der Waals surface area contributed by atoms with Crippen LogP contribution in [0.15, 0.2) is 12.1 Å². The lowest BCUT2D eigenvalue weighted by Gasteiger charge is -2.26. The first kappa shape index (κ1) is 15.9. The number of carbonyl (C=O) groups excluding carboxylic acids is 1. The number of anilines is 2. The van der Waals surface area contributed by atoms with E-state index in [1.54, 1.807) is 45.3 Å². The summed E-state index contributed by atoms with van der Waals surface area (Å²) in [4.78, 5) is 15.3. The van der Waals surface area contributed by atoms with Crippen molar-refractivity contribution in [2.24, 2.45) is 0 Å². The summed E-state index contributed by atoms with van der Waals surface area (Å²) in [6.45, 7) is 2.90. The second kappa shape index (κ2) is 6.88. The third kappa shape index (κ3) is 3.46. The van der Waals surface area contributed by atoms with E-state index in [1.165, 1.54) is 0 Å². The highest BCUT2D eigenvalue weighted by molar-refractivity contribution is 5.83. The van der Waals surface area contributed by atoms with Gasteiger partial charge in [0.2, 0.25) is 5.91 Å². The molecule has 1 amide bonds. The molecule has 0 aliphatic heterocycles. The Kier molecular flexibility index (Phi) is 5.49. The van der Waals surface area contributed by atoms with Crippen molar-refractivity contribution in [3.8, 4) is 11.5 Å². The first-order chi connectivity index (χ1) is 9.44. The molecular formula is C14H23N3O3. The topological polar surface area (TPSA) is 68.0 Å². The zero-order valence-electron chi connectivity index (χ0n) is 12.8. The lowest BCUT2D eigenvalue weighted by atomic mass is 10.2. The van der Waals surface area contributed by atoms with Crippen LogP contribution < -0.4 is 20.1 Å². The fourth-order valence-electron chi connectivity index (χ4n) is 1.83. The molecule has 20 heavy (non-hydrogen) atoms. The number of hydrogen-bond donors (Lipinski definition) is 1. The van der Waals surface area contributed by atoms with Crippen molar-refractivity contribution in [3.63, 3.8) is 0 Å². The van der Waals surface area contributed by atoms with Crippen molar-refractivity contribution in [1.29, 1.82) is 0 Å². The molecular weight excluding hydrogens is 258 g/mol. The summed E-state index contributed by atoms with van der Waals surface area (Å²) >= 11 is 0. The van der Waals surface area contributed by atoms with Crippen LogP contribution in [0.5, 0.6) is 11.5 Å². The predicted octanol–water partition coefficient (Wildman–Crippen LogP) is 1.20. The van der Waals surface area contributed by atoms with Crippen molar-refractivity contribution in [2.45, 2.75) is 6.92 Å². The largest absolute Gasteiger partial charge is 0.493 e. The van der Waals surface area contributed by atoms with E-state index in [0.29, 0.717) is 23.7 Å². The number of hydrogen-bond acceptors (Lipinski definition) is 5. The van der Waals surface area contributed by atoms with Gasteiger partial charge in [0.1, 0.15) is 0 Å². The van der Waals surface area contributed by atoms with Gasteiger partial charge < -0.3 is 25.0 Å². The number of amides is 1. The zero-order chi connectivity index (χ0) is 15.3. The fraction of sp³-hybridized carbons (Fsp3) is 0.500. The molecule has 0 unspecified atom stereocenters. The van der Waals surface area contributed by atoms with Crippen LogP contribution in [0.1, 0.15) is 6.92 Å². The van der Waals surface area contributed by atoms with E-state index in [0.717, 1.165) is 5.69 Å². The van der Waals surface area contributed by atoms with Gasteiger partial charge in [-0.15, -0.1) is 0 Å². The number of nitrogens with two attached hydrogens (primary N) is 1. The van der Waals surface area contributed by atoms with E-state index in [4.69, 9.17) is 15.2 Å². The summed E-state index contributed by atoms with van der Waals surface area (Å²) in [7, 11) is 6.59.